The van der Waals surface area contributed by atoms with E-state index in [1.54, 1.807) is 0 Å². The molecule has 1 unspecified atom stereocenters. The van der Waals surface area contributed by atoms with Crippen molar-refractivity contribution in [2.75, 3.05) is 6.61 Å². The number of carboxylic acids is 1. The van der Waals surface area contributed by atoms with Crippen molar-refractivity contribution in [2.45, 2.75) is 6.04 Å². The third kappa shape index (κ3) is 1.95. The first-order valence-electron chi connectivity index (χ1n) is 2.23. The predicted molar refractivity (Wildman–Crippen MR) is 30.2 cm³/mol. The summed E-state index contributed by atoms with van der Waals surface area (Å²) in [6, 6.07) is -0.824. The zero-order chi connectivity index (χ0) is 6.57. The topological polar surface area (TPSA) is 69.6 Å². The van der Waals surface area contributed by atoms with Crippen molar-refractivity contribution in [1.82, 2.24) is 5.23 Å². The van der Waals surface area contributed by atoms with Crippen LogP contribution in [0.15, 0.2) is 0 Å². The van der Waals surface area contributed by atoms with Crippen LogP contribution in [-0.2, 0) is 4.79 Å². The number of hydrogen-bond donors (Lipinski definition) is 3. The highest BCUT2D eigenvalue weighted by Crippen LogP contribution is 1.76. The molecule has 3 N–H and O–H groups in total. The van der Waals surface area contributed by atoms with Crippen molar-refractivity contribution in [3.8, 4) is 0 Å². The fourth-order valence-electron chi connectivity index (χ4n) is 0.293. The van der Waals surface area contributed by atoms with Crippen LogP contribution in [0.25, 0.3) is 0 Å². The van der Waals surface area contributed by atoms with Crippen LogP contribution in [0.1, 0.15) is 0 Å². The lowest BCUT2D eigenvalue weighted by atomic mass is 10.2. The third-order valence-corrected chi connectivity index (χ3v) is 0.829. The summed E-state index contributed by atoms with van der Waals surface area (Å²) < 4.78 is 0. The lowest BCUT2D eigenvalue weighted by Crippen LogP contribution is -2.37. The second kappa shape index (κ2) is 3.46. The SMILES string of the molecule is BNC(CO)C(=O)O. The average Bonchev–Trinajstić information content (AvgIpc) is 1.69. The normalized spacial score (nSPS) is 13.1. The maximum atomic E-state index is 9.94. The molecule has 0 saturated carbocycles. The van der Waals surface area contributed by atoms with Crippen LogP contribution in [0.5, 0.6) is 0 Å². The number of carboxylic acid groups (broad SMARTS) is 1. The maximum Gasteiger partial charge on any atom is 0.322 e. The molecule has 0 fully saturated rings. The summed E-state index contributed by atoms with van der Waals surface area (Å²) in [6.07, 6.45) is 0. The molecule has 0 aliphatic rings. The highest BCUT2D eigenvalue weighted by atomic mass is 16.4. The molecule has 0 bridgehead atoms. The number of aliphatic hydroxyl groups is 1. The predicted octanol–water partition coefficient (Wildman–Crippen LogP) is -2.43. The molecule has 4 nitrogen and oxygen atoms in total. The molecular weight excluding hydrogens is 109 g/mol. The van der Waals surface area contributed by atoms with Gasteiger partial charge in [0.05, 0.1) is 6.61 Å². The van der Waals surface area contributed by atoms with Crippen LogP contribution >= 0.6 is 0 Å². The number of aliphatic carboxylic acids is 1. The largest absolute Gasteiger partial charge is 0.480 e. The number of rotatable bonds is 3. The summed E-state index contributed by atoms with van der Waals surface area (Å²) in [5, 5.41) is 18.8. The Morgan fingerprint density at radius 1 is 1.88 bits per heavy atom. The van der Waals surface area contributed by atoms with Gasteiger partial charge in [-0.3, -0.25) is 4.79 Å². The van der Waals surface area contributed by atoms with Crippen molar-refractivity contribution in [1.29, 1.82) is 0 Å². The molecule has 1 atom stereocenters. The Hall–Kier alpha value is -0.545. The highest BCUT2D eigenvalue weighted by Gasteiger charge is 2.10. The third-order valence-electron chi connectivity index (χ3n) is 0.829. The summed E-state index contributed by atoms with van der Waals surface area (Å²) in [7, 11) is 1.48. The van der Waals surface area contributed by atoms with Crippen LogP contribution in [0.2, 0.25) is 0 Å². The maximum absolute atomic E-state index is 9.94. The van der Waals surface area contributed by atoms with Gasteiger partial charge in [0.2, 0.25) is 0 Å². The number of nitrogens with one attached hydrogen (secondary N) is 1. The smallest absolute Gasteiger partial charge is 0.322 e. The van der Waals surface area contributed by atoms with Crippen LogP contribution in [0.3, 0.4) is 0 Å². The highest BCUT2D eigenvalue weighted by molar-refractivity contribution is 6.06. The average molecular weight is 117 g/mol. The van der Waals surface area contributed by atoms with E-state index in [4.69, 9.17) is 10.2 Å². The van der Waals surface area contributed by atoms with Crippen molar-refractivity contribution in [3.05, 3.63) is 0 Å². The Kier molecular flexibility index (Phi) is 3.22. The lowest BCUT2D eigenvalue weighted by Gasteiger charge is -2.04. The first-order valence-corrected chi connectivity index (χ1v) is 2.23. The van der Waals surface area contributed by atoms with E-state index < -0.39 is 12.0 Å². The minimum absolute atomic E-state index is 0.369. The summed E-state index contributed by atoms with van der Waals surface area (Å²) in [5.74, 6) is -1.03. The number of hydrogen-bond acceptors (Lipinski definition) is 3. The molecule has 0 heterocycles. The summed E-state index contributed by atoms with van der Waals surface area (Å²) in [4.78, 5) is 9.94. The molecule has 0 saturated heterocycles. The van der Waals surface area contributed by atoms with Crippen LogP contribution in [0, 0.1) is 0 Å². The molecule has 8 heavy (non-hydrogen) atoms. The Morgan fingerprint density at radius 3 is 2.38 bits per heavy atom. The van der Waals surface area contributed by atoms with Crippen LogP contribution < -0.4 is 5.23 Å². The van der Waals surface area contributed by atoms with Gasteiger partial charge in [0, 0.05) is 0 Å². The molecule has 0 aliphatic heterocycles. The van der Waals surface area contributed by atoms with Crippen molar-refractivity contribution in [3.63, 3.8) is 0 Å². The minimum Gasteiger partial charge on any atom is -0.480 e. The van der Waals surface area contributed by atoms with Gasteiger partial charge < -0.3 is 15.4 Å². The fraction of sp³-hybridized carbons (Fsp3) is 0.667. The second-order valence-electron chi connectivity index (χ2n) is 1.36. The van der Waals surface area contributed by atoms with Gasteiger partial charge in [0.1, 0.15) is 6.04 Å². The van der Waals surface area contributed by atoms with Gasteiger partial charge >= 0.3 is 5.97 Å². The van der Waals surface area contributed by atoms with E-state index in [1.807, 2.05) is 0 Å². The van der Waals surface area contributed by atoms with Gasteiger partial charge in [-0.2, -0.15) is 0 Å². The van der Waals surface area contributed by atoms with Gasteiger partial charge in [-0.15, -0.1) is 0 Å². The van der Waals surface area contributed by atoms with Gasteiger partial charge in [0.15, 0.2) is 7.98 Å². The lowest BCUT2D eigenvalue weighted by molar-refractivity contribution is -0.139. The molecular formula is C3H8BNO3. The monoisotopic (exact) mass is 117 g/mol. The van der Waals surface area contributed by atoms with E-state index in [0.717, 1.165) is 0 Å². The van der Waals surface area contributed by atoms with Crippen molar-refractivity contribution in [2.24, 2.45) is 0 Å². The van der Waals surface area contributed by atoms with Gasteiger partial charge in [0.25, 0.3) is 0 Å². The van der Waals surface area contributed by atoms with E-state index in [-0.39, 0.29) is 6.61 Å². The standard InChI is InChI=1S/C3H8BNO3/c4-5-2(1-6)3(7)8/h2,5-6H,1,4H2,(H,7,8). The molecule has 0 amide bonds. The molecule has 0 radical (unpaired) electrons. The zero-order valence-corrected chi connectivity index (χ0v) is 4.59. The van der Waals surface area contributed by atoms with E-state index in [0.29, 0.717) is 0 Å². The van der Waals surface area contributed by atoms with Crippen molar-refractivity contribution < 1.29 is 15.0 Å². The summed E-state index contributed by atoms with van der Waals surface area (Å²) in [6.45, 7) is -0.369. The Balaban J connectivity index is 3.52. The quantitative estimate of drug-likeness (QED) is 0.359. The Labute approximate surface area is 47.9 Å². The first kappa shape index (κ1) is 7.45. The van der Waals surface area contributed by atoms with E-state index >= 15 is 0 Å². The summed E-state index contributed by atoms with van der Waals surface area (Å²) in [5.41, 5.74) is 0. The minimum atomic E-state index is -1.03. The molecule has 0 rings (SSSR count). The van der Waals surface area contributed by atoms with Gasteiger partial charge in [-0.05, 0) is 0 Å². The van der Waals surface area contributed by atoms with Gasteiger partial charge in [-0.1, -0.05) is 0 Å². The number of carbonyl (C=O) groups is 1. The number of aliphatic hydroxyl groups excluding tert-OH is 1. The Morgan fingerprint density at radius 2 is 2.38 bits per heavy atom. The first-order chi connectivity index (χ1) is 3.72. The van der Waals surface area contributed by atoms with E-state index in [2.05, 4.69) is 5.23 Å². The van der Waals surface area contributed by atoms with E-state index in [9.17, 15) is 4.79 Å². The van der Waals surface area contributed by atoms with E-state index in [1.165, 1.54) is 7.98 Å². The second-order valence-corrected chi connectivity index (χ2v) is 1.36. The van der Waals surface area contributed by atoms with Gasteiger partial charge in [-0.25, -0.2) is 0 Å². The molecule has 46 valence electrons. The molecule has 0 aliphatic carbocycles. The fourth-order valence-corrected chi connectivity index (χ4v) is 0.293. The molecule has 0 spiro atoms. The molecule has 0 aromatic rings. The van der Waals surface area contributed by atoms with Crippen molar-refractivity contribution >= 4 is 14.0 Å². The summed E-state index contributed by atoms with van der Waals surface area (Å²) >= 11 is 0. The molecule has 0 aromatic carbocycles. The zero-order valence-electron chi connectivity index (χ0n) is 4.59. The Bertz CT molecular complexity index is 82.6. The van der Waals surface area contributed by atoms with Crippen LogP contribution in [-0.4, -0.2) is 36.8 Å². The molecule has 5 heteroatoms. The van der Waals surface area contributed by atoms with Crippen LogP contribution in [0.4, 0.5) is 0 Å². The molecule has 0 aromatic heterocycles.